The molecule has 0 bridgehead atoms. The number of aryl methyl sites for hydroxylation is 2. The highest BCUT2D eigenvalue weighted by Crippen LogP contribution is 2.29. The minimum atomic E-state index is -3.37. The molecule has 0 amide bonds. The SMILES string of the molecule is Cc1ccc(C)c([C@@H]2CN(S(=O)(=O)CCCC#N)[C@@H](C)CO2)c1. The molecule has 126 valence electrons. The van der Waals surface area contributed by atoms with Crippen LogP contribution in [0.3, 0.4) is 0 Å². The van der Waals surface area contributed by atoms with E-state index in [2.05, 4.69) is 6.07 Å². The van der Waals surface area contributed by atoms with E-state index in [1.54, 1.807) is 4.31 Å². The van der Waals surface area contributed by atoms with Crippen molar-refractivity contribution in [2.45, 2.75) is 45.8 Å². The molecule has 1 aliphatic rings. The van der Waals surface area contributed by atoms with Crippen LogP contribution in [-0.4, -0.2) is 37.7 Å². The average Bonchev–Trinajstić information content (AvgIpc) is 2.50. The van der Waals surface area contributed by atoms with Gasteiger partial charge < -0.3 is 4.74 Å². The third-order valence-electron chi connectivity index (χ3n) is 4.21. The van der Waals surface area contributed by atoms with Crippen LogP contribution in [0.5, 0.6) is 0 Å². The standard InChI is InChI=1S/C17H24N2O3S/c1-13-6-7-14(2)16(10-13)17-11-19(15(3)12-22-17)23(20,21)9-5-4-8-18/h6-7,10,15,17H,4-5,9,11-12H2,1-3H3/t15-,17-/m0/s1. The highest BCUT2D eigenvalue weighted by molar-refractivity contribution is 7.89. The number of hydrogen-bond donors (Lipinski definition) is 0. The summed E-state index contributed by atoms with van der Waals surface area (Å²) in [5.41, 5.74) is 3.29. The number of morpholine rings is 1. The van der Waals surface area contributed by atoms with Gasteiger partial charge in [-0.15, -0.1) is 0 Å². The van der Waals surface area contributed by atoms with Crippen LogP contribution >= 0.6 is 0 Å². The van der Waals surface area contributed by atoms with Gasteiger partial charge in [-0.25, -0.2) is 8.42 Å². The first-order chi connectivity index (χ1) is 10.8. The first kappa shape index (κ1) is 17.9. The highest BCUT2D eigenvalue weighted by Gasteiger charge is 2.35. The number of unbranched alkanes of at least 4 members (excludes halogenated alkanes) is 1. The lowest BCUT2D eigenvalue weighted by atomic mass is 9.99. The molecule has 0 aliphatic carbocycles. The van der Waals surface area contributed by atoms with Crippen molar-refractivity contribution >= 4 is 10.0 Å². The lowest BCUT2D eigenvalue weighted by Crippen LogP contribution is -2.49. The summed E-state index contributed by atoms with van der Waals surface area (Å²) in [5, 5.41) is 8.59. The minimum Gasteiger partial charge on any atom is -0.370 e. The van der Waals surface area contributed by atoms with Crippen molar-refractivity contribution in [2.24, 2.45) is 0 Å². The van der Waals surface area contributed by atoms with E-state index < -0.39 is 10.0 Å². The second-order valence-electron chi connectivity index (χ2n) is 6.18. The molecule has 1 aromatic rings. The van der Waals surface area contributed by atoms with Crippen LogP contribution in [0.4, 0.5) is 0 Å². The molecule has 6 heteroatoms. The zero-order valence-corrected chi connectivity index (χ0v) is 14.8. The fourth-order valence-corrected chi connectivity index (χ4v) is 4.58. The molecule has 1 aromatic carbocycles. The van der Waals surface area contributed by atoms with E-state index in [0.717, 1.165) is 16.7 Å². The second kappa shape index (κ2) is 7.43. The number of nitrogens with zero attached hydrogens (tertiary/aromatic N) is 2. The van der Waals surface area contributed by atoms with Gasteiger partial charge in [0.15, 0.2) is 0 Å². The van der Waals surface area contributed by atoms with Gasteiger partial charge >= 0.3 is 0 Å². The number of benzene rings is 1. The number of rotatable bonds is 5. The lowest BCUT2D eigenvalue weighted by molar-refractivity contribution is -0.0291. The maximum absolute atomic E-state index is 12.6. The van der Waals surface area contributed by atoms with Crippen molar-refractivity contribution < 1.29 is 13.2 Å². The summed E-state index contributed by atoms with van der Waals surface area (Å²) in [5.74, 6) is 0.0183. The van der Waals surface area contributed by atoms with Gasteiger partial charge in [0.05, 0.1) is 24.5 Å². The molecule has 0 unspecified atom stereocenters. The lowest BCUT2D eigenvalue weighted by Gasteiger charge is -2.37. The Morgan fingerprint density at radius 2 is 2.13 bits per heavy atom. The molecule has 5 nitrogen and oxygen atoms in total. The number of hydrogen-bond acceptors (Lipinski definition) is 4. The summed E-state index contributed by atoms with van der Waals surface area (Å²) >= 11 is 0. The van der Waals surface area contributed by atoms with Gasteiger partial charge in [0.1, 0.15) is 0 Å². The Kier molecular flexibility index (Phi) is 5.79. The van der Waals surface area contributed by atoms with Gasteiger partial charge in [0, 0.05) is 19.0 Å². The zero-order valence-electron chi connectivity index (χ0n) is 13.9. The Morgan fingerprint density at radius 3 is 2.83 bits per heavy atom. The molecular weight excluding hydrogens is 312 g/mol. The average molecular weight is 336 g/mol. The first-order valence-electron chi connectivity index (χ1n) is 7.90. The van der Waals surface area contributed by atoms with E-state index in [1.165, 1.54) is 0 Å². The van der Waals surface area contributed by atoms with E-state index in [4.69, 9.17) is 10.00 Å². The third-order valence-corrected chi connectivity index (χ3v) is 6.23. The molecule has 1 fully saturated rings. The van der Waals surface area contributed by atoms with Crippen molar-refractivity contribution in [1.29, 1.82) is 5.26 Å². The van der Waals surface area contributed by atoms with E-state index in [0.29, 0.717) is 19.6 Å². The van der Waals surface area contributed by atoms with E-state index in [9.17, 15) is 8.42 Å². The molecule has 23 heavy (non-hydrogen) atoms. The van der Waals surface area contributed by atoms with Gasteiger partial charge in [-0.2, -0.15) is 9.57 Å². The van der Waals surface area contributed by atoms with Gasteiger partial charge in [0.25, 0.3) is 0 Å². The third kappa shape index (κ3) is 4.31. The number of ether oxygens (including phenoxy) is 1. The van der Waals surface area contributed by atoms with Crippen molar-refractivity contribution in [3.05, 3.63) is 34.9 Å². The molecule has 0 spiro atoms. The van der Waals surface area contributed by atoms with Crippen LogP contribution in [0.2, 0.25) is 0 Å². The summed E-state index contributed by atoms with van der Waals surface area (Å²) < 4.78 is 32.6. The summed E-state index contributed by atoms with van der Waals surface area (Å²) in [6, 6.07) is 7.97. The van der Waals surface area contributed by atoms with Crippen LogP contribution in [0, 0.1) is 25.2 Å². The predicted octanol–water partition coefficient (Wildman–Crippen LogP) is 2.70. The summed E-state index contributed by atoms with van der Waals surface area (Å²) in [7, 11) is -3.37. The van der Waals surface area contributed by atoms with Gasteiger partial charge in [0.2, 0.25) is 10.0 Å². The smallest absolute Gasteiger partial charge is 0.214 e. The Morgan fingerprint density at radius 1 is 1.39 bits per heavy atom. The normalized spacial score (nSPS) is 22.7. The topological polar surface area (TPSA) is 70.4 Å². The van der Waals surface area contributed by atoms with E-state index >= 15 is 0 Å². The maximum atomic E-state index is 12.6. The molecule has 2 rings (SSSR count). The fourth-order valence-electron chi connectivity index (χ4n) is 2.87. The van der Waals surface area contributed by atoms with Crippen molar-refractivity contribution in [3.63, 3.8) is 0 Å². The van der Waals surface area contributed by atoms with Gasteiger partial charge in [-0.05, 0) is 38.3 Å². The molecule has 0 N–H and O–H groups in total. The molecule has 0 radical (unpaired) electrons. The molecule has 1 aliphatic heterocycles. The van der Waals surface area contributed by atoms with Crippen molar-refractivity contribution in [2.75, 3.05) is 18.9 Å². The Balaban J connectivity index is 2.19. The van der Waals surface area contributed by atoms with Crippen molar-refractivity contribution in [1.82, 2.24) is 4.31 Å². The largest absolute Gasteiger partial charge is 0.370 e. The summed E-state index contributed by atoms with van der Waals surface area (Å²) in [4.78, 5) is 0. The monoisotopic (exact) mass is 336 g/mol. The molecule has 1 heterocycles. The highest BCUT2D eigenvalue weighted by atomic mass is 32.2. The molecule has 1 saturated heterocycles. The predicted molar refractivity (Wildman–Crippen MR) is 89.4 cm³/mol. The van der Waals surface area contributed by atoms with Crippen LogP contribution < -0.4 is 0 Å². The fraction of sp³-hybridized carbons (Fsp3) is 0.588. The molecule has 0 aromatic heterocycles. The van der Waals surface area contributed by atoms with Crippen LogP contribution in [-0.2, 0) is 14.8 Å². The first-order valence-corrected chi connectivity index (χ1v) is 9.51. The minimum absolute atomic E-state index is 0.0183. The van der Waals surface area contributed by atoms with E-state index in [-0.39, 0.29) is 24.3 Å². The Labute approximate surface area is 138 Å². The van der Waals surface area contributed by atoms with Gasteiger partial charge in [-0.1, -0.05) is 23.8 Å². The zero-order chi connectivity index (χ0) is 17.0. The molecule has 2 atom stereocenters. The second-order valence-corrected chi connectivity index (χ2v) is 8.22. The Hall–Kier alpha value is -1.42. The summed E-state index contributed by atoms with van der Waals surface area (Å²) in [6.45, 7) is 6.61. The van der Waals surface area contributed by atoms with E-state index in [1.807, 2.05) is 39.0 Å². The van der Waals surface area contributed by atoms with Crippen LogP contribution in [0.25, 0.3) is 0 Å². The van der Waals surface area contributed by atoms with Gasteiger partial charge in [-0.3, -0.25) is 0 Å². The Bertz CT molecular complexity index is 694. The quantitative estimate of drug-likeness (QED) is 0.775. The maximum Gasteiger partial charge on any atom is 0.214 e. The molecular formula is C17H24N2O3S. The van der Waals surface area contributed by atoms with Crippen molar-refractivity contribution in [3.8, 4) is 6.07 Å². The number of sulfonamides is 1. The van der Waals surface area contributed by atoms with Crippen LogP contribution in [0.1, 0.15) is 42.6 Å². The summed E-state index contributed by atoms with van der Waals surface area (Å²) in [6.07, 6.45) is 0.395. The molecule has 0 saturated carbocycles. The number of nitriles is 1. The van der Waals surface area contributed by atoms with Crippen LogP contribution in [0.15, 0.2) is 18.2 Å².